The summed E-state index contributed by atoms with van der Waals surface area (Å²) in [4.78, 5) is 13.4. The fourth-order valence-corrected chi connectivity index (χ4v) is 3.15. The van der Waals surface area contributed by atoms with Gasteiger partial charge in [0.1, 0.15) is 0 Å². The maximum atomic E-state index is 12.4. The van der Waals surface area contributed by atoms with Gasteiger partial charge in [-0.05, 0) is 84.6 Å². The summed E-state index contributed by atoms with van der Waals surface area (Å²) in [5.41, 5.74) is 3.61. The fraction of sp³-hybridized carbons (Fsp3) is 0.0952. The van der Waals surface area contributed by atoms with Crippen LogP contribution in [0.2, 0.25) is 5.02 Å². The molecule has 2 N–H and O–H groups in total. The Morgan fingerprint density at radius 3 is 2.38 bits per heavy atom. The Kier molecular flexibility index (Phi) is 6.21. The van der Waals surface area contributed by atoms with E-state index in [0.29, 0.717) is 10.6 Å². The second kappa shape index (κ2) is 8.79. The van der Waals surface area contributed by atoms with Crippen LogP contribution in [0.25, 0.3) is 0 Å². The van der Waals surface area contributed by atoms with Crippen molar-refractivity contribution in [3.63, 3.8) is 0 Å². The van der Waals surface area contributed by atoms with Crippen LogP contribution in [0.15, 0.2) is 77.7 Å². The van der Waals surface area contributed by atoms with Crippen LogP contribution in [0.1, 0.15) is 22.8 Å². The minimum absolute atomic E-state index is 0.111. The number of anilines is 2. The summed E-state index contributed by atoms with van der Waals surface area (Å²) in [5, 5.41) is 3.65. The molecule has 26 heavy (non-hydrogen) atoms. The van der Waals surface area contributed by atoms with Gasteiger partial charge in [-0.1, -0.05) is 30.7 Å². The third-order valence-corrected chi connectivity index (χ3v) is 4.94. The molecule has 0 atom stereocenters. The van der Waals surface area contributed by atoms with Gasteiger partial charge in [0.2, 0.25) is 0 Å². The number of nitrogens with one attached hydrogen (secondary N) is 2. The van der Waals surface area contributed by atoms with Gasteiger partial charge in [-0.3, -0.25) is 4.79 Å². The number of carbonyl (C=O) groups excluding carboxylic acids is 1. The molecule has 132 valence electrons. The summed E-state index contributed by atoms with van der Waals surface area (Å²) in [6, 6.07) is 22.9. The van der Waals surface area contributed by atoms with Crippen molar-refractivity contribution in [3.8, 4) is 0 Å². The number of benzene rings is 3. The summed E-state index contributed by atoms with van der Waals surface area (Å²) in [6.07, 6.45) is 0.941. The maximum absolute atomic E-state index is 12.4. The van der Waals surface area contributed by atoms with E-state index < -0.39 is 0 Å². The molecule has 0 saturated heterocycles. The molecule has 3 aromatic rings. The Labute approximate surface area is 162 Å². The van der Waals surface area contributed by atoms with E-state index >= 15 is 0 Å². The zero-order chi connectivity index (χ0) is 18.4. The molecule has 0 spiro atoms. The molecule has 3 nitrogen and oxygen atoms in total. The zero-order valence-electron chi connectivity index (χ0n) is 14.3. The van der Waals surface area contributed by atoms with Gasteiger partial charge in [-0.2, -0.15) is 0 Å². The molecular formula is C21H19ClN2OS. The van der Waals surface area contributed by atoms with E-state index in [1.54, 1.807) is 0 Å². The zero-order valence-corrected chi connectivity index (χ0v) is 15.9. The van der Waals surface area contributed by atoms with Crippen LogP contribution in [0, 0.1) is 0 Å². The van der Waals surface area contributed by atoms with E-state index in [0.717, 1.165) is 22.7 Å². The molecule has 3 aromatic carbocycles. The molecule has 1 amide bonds. The Bertz CT molecular complexity index is 879. The standard InChI is InChI=1S/C21H19ClN2OS/c1-2-15-4-3-5-19(14-15)23-21(25)16-6-12-20(13-7-16)26-24-18-10-8-17(22)9-11-18/h3-14,24H,2H2,1H3,(H,23,25). The first-order chi connectivity index (χ1) is 12.6. The highest BCUT2D eigenvalue weighted by molar-refractivity contribution is 8.00. The second-order valence-electron chi connectivity index (χ2n) is 5.74. The molecule has 0 aliphatic carbocycles. The van der Waals surface area contributed by atoms with Gasteiger partial charge in [0, 0.05) is 26.9 Å². The Balaban J connectivity index is 1.59. The molecule has 0 heterocycles. The lowest BCUT2D eigenvalue weighted by Crippen LogP contribution is -2.11. The monoisotopic (exact) mass is 382 g/mol. The fourth-order valence-electron chi connectivity index (χ4n) is 2.38. The molecule has 3 rings (SSSR count). The van der Waals surface area contributed by atoms with Crippen molar-refractivity contribution in [2.45, 2.75) is 18.2 Å². The summed E-state index contributed by atoms with van der Waals surface area (Å²) in [5.74, 6) is -0.111. The van der Waals surface area contributed by atoms with E-state index in [2.05, 4.69) is 23.0 Å². The summed E-state index contributed by atoms with van der Waals surface area (Å²) in [6.45, 7) is 2.09. The van der Waals surface area contributed by atoms with Crippen LogP contribution in [0.5, 0.6) is 0 Å². The van der Waals surface area contributed by atoms with Crippen LogP contribution in [-0.4, -0.2) is 5.91 Å². The molecule has 0 fully saturated rings. The van der Waals surface area contributed by atoms with Gasteiger partial charge in [0.05, 0.1) is 0 Å². The topological polar surface area (TPSA) is 41.1 Å². The minimum atomic E-state index is -0.111. The van der Waals surface area contributed by atoms with Crippen LogP contribution in [0.3, 0.4) is 0 Å². The highest BCUT2D eigenvalue weighted by Crippen LogP contribution is 2.23. The van der Waals surface area contributed by atoms with Crippen molar-refractivity contribution in [3.05, 3.63) is 88.9 Å². The van der Waals surface area contributed by atoms with Gasteiger partial charge in [-0.25, -0.2) is 0 Å². The Hall–Kier alpha value is -2.43. The number of hydrogen-bond acceptors (Lipinski definition) is 3. The number of halogens is 1. The second-order valence-corrected chi connectivity index (χ2v) is 7.06. The van der Waals surface area contributed by atoms with Gasteiger partial charge < -0.3 is 10.0 Å². The largest absolute Gasteiger partial charge is 0.326 e. The smallest absolute Gasteiger partial charge is 0.255 e. The molecule has 0 aromatic heterocycles. The van der Waals surface area contributed by atoms with Crippen molar-refractivity contribution in [1.82, 2.24) is 0 Å². The molecule has 0 unspecified atom stereocenters. The molecule has 0 aliphatic rings. The van der Waals surface area contributed by atoms with Crippen LogP contribution in [-0.2, 0) is 6.42 Å². The van der Waals surface area contributed by atoms with E-state index in [9.17, 15) is 4.79 Å². The highest BCUT2D eigenvalue weighted by atomic mass is 35.5. The first-order valence-electron chi connectivity index (χ1n) is 8.33. The molecule has 0 saturated carbocycles. The number of amides is 1. The first-order valence-corrected chi connectivity index (χ1v) is 9.52. The predicted octanol–water partition coefficient (Wildman–Crippen LogP) is 6.27. The average molecular weight is 383 g/mol. The SMILES string of the molecule is CCc1cccc(NC(=O)c2ccc(SNc3ccc(Cl)cc3)cc2)c1. The van der Waals surface area contributed by atoms with Gasteiger partial charge in [0.15, 0.2) is 0 Å². The third kappa shape index (κ3) is 5.04. The number of aryl methyl sites for hydroxylation is 1. The number of rotatable bonds is 6. The van der Waals surface area contributed by atoms with Gasteiger partial charge >= 0.3 is 0 Å². The van der Waals surface area contributed by atoms with E-state index in [4.69, 9.17) is 11.6 Å². The van der Waals surface area contributed by atoms with Crippen molar-refractivity contribution in [2.24, 2.45) is 0 Å². The lowest BCUT2D eigenvalue weighted by atomic mass is 10.1. The van der Waals surface area contributed by atoms with Crippen LogP contribution < -0.4 is 10.0 Å². The molecular weight excluding hydrogens is 364 g/mol. The molecule has 5 heteroatoms. The molecule has 0 radical (unpaired) electrons. The Morgan fingerprint density at radius 2 is 1.69 bits per heavy atom. The lowest BCUT2D eigenvalue weighted by Gasteiger charge is -2.08. The number of carbonyl (C=O) groups is 1. The molecule has 0 bridgehead atoms. The third-order valence-electron chi connectivity index (χ3n) is 3.84. The average Bonchev–Trinajstić information content (AvgIpc) is 2.68. The number of hydrogen-bond donors (Lipinski definition) is 2. The van der Waals surface area contributed by atoms with Gasteiger partial charge in [0.25, 0.3) is 5.91 Å². The van der Waals surface area contributed by atoms with E-state index in [-0.39, 0.29) is 5.91 Å². The highest BCUT2D eigenvalue weighted by Gasteiger charge is 2.06. The van der Waals surface area contributed by atoms with Crippen molar-refractivity contribution < 1.29 is 4.79 Å². The van der Waals surface area contributed by atoms with Crippen molar-refractivity contribution in [2.75, 3.05) is 10.0 Å². The van der Waals surface area contributed by atoms with E-state index in [1.807, 2.05) is 66.7 Å². The first kappa shape index (κ1) is 18.4. The van der Waals surface area contributed by atoms with Crippen LogP contribution in [0.4, 0.5) is 11.4 Å². The quantitative estimate of drug-likeness (QED) is 0.493. The normalized spacial score (nSPS) is 10.4. The minimum Gasteiger partial charge on any atom is -0.326 e. The van der Waals surface area contributed by atoms with Crippen molar-refractivity contribution >= 4 is 40.8 Å². The van der Waals surface area contributed by atoms with Crippen molar-refractivity contribution in [1.29, 1.82) is 0 Å². The Morgan fingerprint density at radius 1 is 0.962 bits per heavy atom. The maximum Gasteiger partial charge on any atom is 0.255 e. The molecule has 0 aliphatic heterocycles. The summed E-state index contributed by atoms with van der Waals surface area (Å²) < 4.78 is 3.25. The predicted molar refractivity (Wildman–Crippen MR) is 111 cm³/mol. The summed E-state index contributed by atoms with van der Waals surface area (Å²) in [7, 11) is 0. The van der Waals surface area contributed by atoms with Gasteiger partial charge in [-0.15, -0.1) is 0 Å². The summed E-state index contributed by atoms with van der Waals surface area (Å²) >= 11 is 7.36. The van der Waals surface area contributed by atoms with E-state index in [1.165, 1.54) is 17.5 Å². The van der Waals surface area contributed by atoms with Crippen LogP contribution >= 0.6 is 23.5 Å². The lowest BCUT2D eigenvalue weighted by molar-refractivity contribution is 0.102.